The van der Waals surface area contributed by atoms with Gasteiger partial charge in [0.15, 0.2) is 0 Å². The Morgan fingerprint density at radius 1 is 1.00 bits per heavy atom. The van der Waals surface area contributed by atoms with Gasteiger partial charge >= 0.3 is 0 Å². The quantitative estimate of drug-likeness (QED) is 0.288. The van der Waals surface area contributed by atoms with Crippen molar-refractivity contribution in [3.8, 4) is 0 Å². The van der Waals surface area contributed by atoms with E-state index in [-0.39, 0.29) is 23.8 Å². The molecule has 0 spiro atoms. The van der Waals surface area contributed by atoms with Crippen LogP contribution in [0.25, 0.3) is 0 Å². The number of nitrogens with zero attached hydrogens (tertiary/aromatic N) is 2. The number of benzene rings is 1. The number of carbonyl (C=O) groups excluding carboxylic acids is 3. The molecule has 2 heterocycles. The Bertz CT molecular complexity index is 1010. The van der Waals surface area contributed by atoms with Gasteiger partial charge in [-0.1, -0.05) is 77.3 Å². The molecule has 0 radical (unpaired) electrons. The Hall–Kier alpha value is -2.42. The van der Waals surface area contributed by atoms with Crippen LogP contribution in [-0.4, -0.2) is 61.1 Å². The second-order valence-electron chi connectivity index (χ2n) is 11.3. The Morgan fingerprint density at radius 3 is 2.17 bits per heavy atom. The summed E-state index contributed by atoms with van der Waals surface area (Å²) in [5.41, 5.74) is 1.13. The summed E-state index contributed by atoms with van der Waals surface area (Å²) in [5, 5.41) is 8.67. The van der Waals surface area contributed by atoms with E-state index in [9.17, 15) is 14.4 Å². The fourth-order valence-electron chi connectivity index (χ4n) is 4.86. The zero-order chi connectivity index (χ0) is 29.5. The van der Waals surface area contributed by atoms with E-state index in [4.69, 9.17) is 0 Å². The molecular formula is C32H50N4O3S. The summed E-state index contributed by atoms with van der Waals surface area (Å²) in [6, 6.07) is 9.13. The van der Waals surface area contributed by atoms with Crippen molar-refractivity contribution in [2.75, 3.05) is 27.2 Å². The van der Waals surface area contributed by atoms with Gasteiger partial charge in [-0.25, -0.2) is 4.98 Å². The van der Waals surface area contributed by atoms with Gasteiger partial charge in [0.05, 0.1) is 18.6 Å². The summed E-state index contributed by atoms with van der Waals surface area (Å²) < 4.78 is 0. The first-order valence-electron chi connectivity index (χ1n) is 14.9. The highest BCUT2D eigenvalue weighted by Crippen LogP contribution is 2.36. The molecule has 0 bridgehead atoms. The summed E-state index contributed by atoms with van der Waals surface area (Å²) >= 11 is 1.50. The van der Waals surface area contributed by atoms with E-state index in [0.717, 1.165) is 55.4 Å². The van der Waals surface area contributed by atoms with Crippen molar-refractivity contribution in [1.29, 1.82) is 0 Å². The number of likely N-dealkylation sites (tertiary alicyclic amines) is 1. The fourth-order valence-corrected chi connectivity index (χ4v) is 5.81. The minimum atomic E-state index is -0.110. The lowest BCUT2D eigenvalue weighted by Crippen LogP contribution is -2.49. The molecule has 8 heteroatoms. The Kier molecular flexibility index (Phi) is 15.3. The molecule has 7 nitrogen and oxygen atoms in total. The highest BCUT2D eigenvalue weighted by Gasteiger charge is 2.38. The van der Waals surface area contributed by atoms with E-state index in [1.54, 1.807) is 7.05 Å². The maximum absolute atomic E-state index is 13.4. The second-order valence-corrected chi connectivity index (χ2v) is 12.2. The highest BCUT2D eigenvalue weighted by atomic mass is 32.1. The van der Waals surface area contributed by atoms with Crippen LogP contribution >= 0.6 is 11.3 Å². The Labute approximate surface area is 245 Å². The smallest absolute Gasteiger partial charge is 0.240 e. The monoisotopic (exact) mass is 570 g/mol. The molecule has 1 saturated heterocycles. The van der Waals surface area contributed by atoms with E-state index in [2.05, 4.69) is 43.3 Å². The summed E-state index contributed by atoms with van der Waals surface area (Å²) in [5.74, 6) is 2.27. The predicted octanol–water partition coefficient (Wildman–Crippen LogP) is 5.91. The molecule has 222 valence electrons. The molecule has 4 rings (SSSR count). The third-order valence-corrected chi connectivity index (χ3v) is 8.88. The van der Waals surface area contributed by atoms with Crippen LogP contribution in [0, 0.1) is 17.8 Å². The SMILES string of the molecule is CC(C)C(C)C.CNC(C(=O)N1CCCC1c1nc(C(=O)c2ccccc2)cs1)C1CCCCC1.CNCC=O. The lowest BCUT2D eigenvalue weighted by molar-refractivity contribution is -0.136. The number of nitrogens with one attached hydrogen (secondary N) is 2. The van der Waals surface area contributed by atoms with Crippen LogP contribution in [-0.2, 0) is 9.59 Å². The molecule has 1 aromatic heterocycles. The predicted molar refractivity (Wildman–Crippen MR) is 165 cm³/mol. The van der Waals surface area contributed by atoms with Crippen molar-refractivity contribution in [3.05, 3.63) is 52.0 Å². The number of thiazole rings is 1. The number of carbonyl (C=O) groups is 3. The molecular weight excluding hydrogens is 520 g/mol. The van der Waals surface area contributed by atoms with Gasteiger partial charge in [-0.05, 0) is 57.5 Å². The molecule has 1 aliphatic heterocycles. The van der Waals surface area contributed by atoms with Crippen molar-refractivity contribution in [3.63, 3.8) is 0 Å². The average molecular weight is 571 g/mol. The lowest BCUT2D eigenvalue weighted by atomic mass is 9.83. The van der Waals surface area contributed by atoms with Gasteiger partial charge in [0.1, 0.15) is 17.0 Å². The van der Waals surface area contributed by atoms with Crippen LogP contribution in [0.3, 0.4) is 0 Å². The molecule has 2 N–H and O–H groups in total. The molecule has 1 amide bonds. The molecule has 2 unspecified atom stereocenters. The van der Waals surface area contributed by atoms with Crippen LogP contribution in [0.4, 0.5) is 0 Å². The third kappa shape index (κ3) is 10.2. The standard InChI is InChI=1S/C23H29N3O2S.C6H14.C3H7NO/c1-24-20(16-9-4-2-5-10-16)23(28)26-14-8-13-19(26)22-25-18(15-29-22)21(27)17-11-6-3-7-12-17;1-5(2)6(3)4;1-4-2-3-5/h3,6-7,11-12,15-16,19-20,24H,2,4-5,8-10,13-14H2,1H3;5-6H,1-4H3;3-4H,2H2,1H3. The van der Waals surface area contributed by atoms with Gasteiger partial charge in [0.25, 0.3) is 0 Å². The van der Waals surface area contributed by atoms with Crippen LogP contribution in [0.2, 0.25) is 0 Å². The van der Waals surface area contributed by atoms with Gasteiger partial charge in [-0.2, -0.15) is 0 Å². The van der Waals surface area contributed by atoms with Gasteiger partial charge in [-0.3, -0.25) is 9.59 Å². The third-order valence-electron chi connectivity index (χ3n) is 7.93. The largest absolute Gasteiger partial charge is 0.332 e. The first-order valence-corrected chi connectivity index (χ1v) is 15.7. The number of likely N-dealkylation sites (N-methyl/N-ethyl adjacent to an activating group) is 2. The van der Waals surface area contributed by atoms with Crippen molar-refractivity contribution >= 4 is 29.3 Å². The molecule has 2 atom stereocenters. The molecule has 2 aromatic rings. The maximum atomic E-state index is 13.4. The zero-order valence-electron chi connectivity index (χ0n) is 25.3. The van der Waals surface area contributed by atoms with E-state index >= 15 is 0 Å². The minimum absolute atomic E-state index is 0.00994. The first-order chi connectivity index (χ1) is 19.2. The summed E-state index contributed by atoms with van der Waals surface area (Å²) in [7, 11) is 3.64. The van der Waals surface area contributed by atoms with Crippen LogP contribution in [0.5, 0.6) is 0 Å². The summed E-state index contributed by atoms with van der Waals surface area (Å²) in [6.45, 7) is 10.2. The van der Waals surface area contributed by atoms with Gasteiger partial charge in [-0.15, -0.1) is 11.3 Å². The average Bonchev–Trinajstić information content (AvgIpc) is 3.65. The van der Waals surface area contributed by atoms with Gasteiger partial charge < -0.3 is 20.3 Å². The minimum Gasteiger partial charge on any atom is -0.332 e. The van der Waals surface area contributed by atoms with Crippen molar-refractivity contribution < 1.29 is 14.4 Å². The highest BCUT2D eigenvalue weighted by molar-refractivity contribution is 7.10. The van der Waals surface area contributed by atoms with E-state index in [1.165, 1.54) is 30.6 Å². The molecule has 2 fully saturated rings. The number of hydrogen-bond donors (Lipinski definition) is 2. The second kappa shape index (κ2) is 18.1. The molecule has 2 aliphatic rings. The van der Waals surface area contributed by atoms with Gasteiger partial charge in [0, 0.05) is 17.5 Å². The van der Waals surface area contributed by atoms with Crippen molar-refractivity contribution in [1.82, 2.24) is 20.5 Å². The summed E-state index contributed by atoms with van der Waals surface area (Å²) in [4.78, 5) is 42.1. The topological polar surface area (TPSA) is 91.4 Å². The first kappa shape index (κ1) is 33.8. The summed E-state index contributed by atoms with van der Waals surface area (Å²) in [6.07, 6.45) is 8.70. The number of ketones is 1. The maximum Gasteiger partial charge on any atom is 0.240 e. The molecule has 1 saturated carbocycles. The molecule has 1 aliphatic carbocycles. The number of amides is 1. The fraction of sp³-hybridized carbons (Fsp3) is 0.625. The van der Waals surface area contributed by atoms with E-state index in [1.807, 2.05) is 47.7 Å². The van der Waals surface area contributed by atoms with Crippen LogP contribution in [0.1, 0.15) is 99.7 Å². The zero-order valence-corrected chi connectivity index (χ0v) is 26.1. The Morgan fingerprint density at radius 2 is 1.65 bits per heavy atom. The van der Waals surface area contributed by atoms with Crippen molar-refractivity contribution in [2.45, 2.75) is 84.7 Å². The number of hydrogen-bond acceptors (Lipinski definition) is 7. The lowest BCUT2D eigenvalue weighted by Gasteiger charge is -2.34. The number of rotatable bonds is 9. The van der Waals surface area contributed by atoms with Gasteiger partial charge in [0.2, 0.25) is 11.7 Å². The van der Waals surface area contributed by atoms with Crippen LogP contribution in [0.15, 0.2) is 35.7 Å². The van der Waals surface area contributed by atoms with Crippen LogP contribution < -0.4 is 10.6 Å². The molecule has 40 heavy (non-hydrogen) atoms. The normalized spacial score (nSPS) is 18.0. The number of aldehydes is 1. The molecule has 1 aromatic carbocycles. The van der Waals surface area contributed by atoms with E-state index in [0.29, 0.717) is 23.7 Å². The number of aromatic nitrogens is 1. The Balaban J connectivity index is 0.000000433. The van der Waals surface area contributed by atoms with E-state index < -0.39 is 0 Å². The van der Waals surface area contributed by atoms with Crippen molar-refractivity contribution in [2.24, 2.45) is 17.8 Å².